The topological polar surface area (TPSA) is 43.1 Å². The lowest BCUT2D eigenvalue weighted by Gasteiger charge is -2.07. The van der Waals surface area contributed by atoms with Crippen molar-refractivity contribution in [1.29, 1.82) is 0 Å². The van der Waals surface area contributed by atoms with Gasteiger partial charge in [0.15, 0.2) is 17.4 Å². The Morgan fingerprint density at radius 2 is 1.73 bits per heavy atom. The Balaban J connectivity index is 1.67. The number of fused-ring (bicyclic) bond motifs is 6. The average molecular weight is 400 g/mol. The number of nitrogens with zero attached hydrogens (tertiary/aromatic N) is 2. The maximum absolute atomic E-state index is 7.99. The zero-order valence-electron chi connectivity index (χ0n) is 22.4. The lowest BCUT2D eigenvalue weighted by atomic mass is 9.99. The van der Waals surface area contributed by atoms with Gasteiger partial charge in [-0.2, -0.15) is 0 Å². The number of hydrogen-bond acceptors (Lipinski definition) is 3. The Kier molecular flexibility index (Phi) is 2.40. The molecule has 0 atom stereocenters. The number of furan rings is 2. The number of para-hydroxylation sites is 1. The van der Waals surface area contributed by atoms with E-state index in [0.717, 1.165) is 27.3 Å². The van der Waals surface area contributed by atoms with Crippen LogP contribution in [0.2, 0.25) is 0 Å². The number of aromatic nitrogens is 2. The summed E-state index contributed by atoms with van der Waals surface area (Å²) < 4.78 is 61.5. The molecule has 0 aliphatic heterocycles. The number of rotatable bonds is 1. The Labute approximate surface area is 181 Å². The second-order valence-corrected chi connectivity index (χ2v) is 7.62. The van der Waals surface area contributed by atoms with Crippen LogP contribution in [0.4, 0.5) is 0 Å². The molecule has 30 heavy (non-hydrogen) atoms. The fourth-order valence-electron chi connectivity index (χ4n) is 4.20. The molecule has 0 spiro atoms. The summed E-state index contributed by atoms with van der Waals surface area (Å²) in [7, 11) is 1.70. The van der Waals surface area contributed by atoms with Gasteiger partial charge in [0.2, 0.25) is 11.4 Å². The second kappa shape index (κ2) is 5.92. The van der Waals surface area contributed by atoms with Crippen molar-refractivity contribution in [3.63, 3.8) is 0 Å². The molecule has 0 saturated carbocycles. The highest BCUT2D eigenvalue weighted by Crippen LogP contribution is 2.39. The zero-order valence-corrected chi connectivity index (χ0v) is 16.4. The standard InChI is InChI=1S/C26H21N2O2/c1-14-9-10-18-24-22(12-19-17-7-5-6-8-21(17)30-26(19)27-24)29-25(18)23(14)20-11-15(2)16(3)13-28(20)4/h5-13H,1-4H3/q+1/i2D3,3D3. The van der Waals surface area contributed by atoms with Gasteiger partial charge in [0.05, 0.1) is 10.9 Å². The lowest BCUT2D eigenvalue weighted by molar-refractivity contribution is -0.660. The molecule has 2 aromatic carbocycles. The summed E-state index contributed by atoms with van der Waals surface area (Å²) in [6.07, 6.45) is 1.38. The van der Waals surface area contributed by atoms with Crippen LogP contribution in [-0.4, -0.2) is 4.98 Å². The van der Waals surface area contributed by atoms with E-state index in [4.69, 9.17) is 22.0 Å². The molecule has 0 amide bonds. The SMILES string of the molecule is [2H]C([2H])([2H])c1cc(-c2c(C)ccc3c2oc2cc4c(nc23)oc2ccccc24)[n+](C)cc1C([2H])([2H])[2H]. The number of aryl methyl sites for hydroxylation is 4. The van der Waals surface area contributed by atoms with Crippen molar-refractivity contribution in [2.45, 2.75) is 20.6 Å². The zero-order chi connectivity index (χ0) is 25.6. The summed E-state index contributed by atoms with van der Waals surface area (Å²) in [5.41, 5.74) is 4.67. The van der Waals surface area contributed by atoms with Crippen LogP contribution in [0.5, 0.6) is 0 Å². The molecule has 0 bridgehead atoms. The highest BCUT2D eigenvalue weighted by molar-refractivity contribution is 6.13. The third-order valence-corrected chi connectivity index (χ3v) is 5.70. The van der Waals surface area contributed by atoms with Gasteiger partial charge in [-0.15, -0.1) is 0 Å². The third-order valence-electron chi connectivity index (χ3n) is 5.70. The summed E-state index contributed by atoms with van der Waals surface area (Å²) in [6, 6.07) is 14.9. The van der Waals surface area contributed by atoms with E-state index in [-0.39, 0.29) is 11.1 Å². The Morgan fingerprint density at radius 1 is 0.867 bits per heavy atom. The summed E-state index contributed by atoms with van der Waals surface area (Å²) in [6.45, 7) is -3.27. The van der Waals surface area contributed by atoms with E-state index in [1.807, 2.05) is 49.4 Å². The van der Waals surface area contributed by atoms with Crippen molar-refractivity contribution in [3.8, 4) is 11.3 Å². The van der Waals surface area contributed by atoms with Gasteiger partial charge in [0.25, 0.3) is 0 Å². The summed E-state index contributed by atoms with van der Waals surface area (Å²) >= 11 is 0. The highest BCUT2D eigenvalue weighted by atomic mass is 16.3. The number of pyridine rings is 2. The Bertz CT molecular complexity index is 1840. The van der Waals surface area contributed by atoms with Gasteiger partial charge < -0.3 is 8.83 Å². The van der Waals surface area contributed by atoms with E-state index in [2.05, 4.69) is 0 Å². The normalized spacial score (nSPS) is 15.8. The van der Waals surface area contributed by atoms with Crippen molar-refractivity contribution < 1.29 is 21.6 Å². The molecule has 6 rings (SSSR count). The van der Waals surface area contributed by atoms with Gasteiger partial charge in [-0.3, -0.25) is 0 Å². The van der Waals surface area contributed by atoms with Crippen LogP contribution in [0, 0.1) is 20.6 Å². The molecule has 4 nitrogen and oxygen atoms in total. The van der Waals surface area contributed by atoms with Crippen LogP contribution in [0.1, 0.15) is 24.9 Å². The van der Waals surface area contributed by atoms with Crippen molar-refractivity contribution in [1.82, 2.24) is 4.98 Å². The molecule has 0 fully saturated rings. The van der Waals surface area contributed by atoms with E-state index < -0.39 is 13.7 Å². The molecule has 4 aromatic heterocycles. The fraction of sp³-hybridized carbons (Fsp3) is 0.154. The van der Waals surface area contributed by atoms with E-state index in [1.165, 1.54) is 12.3 Å². The van der Waals surface area contributed by atoms with Gasteiger partial charge in [0.1, 0.15) is 18.1 Å². The van der Waals surface area contributed by atoms with Crippen molar-refractivity contribution >= 4 is 44.1 Å². The molecule has 4 heteroatoms. The maximum atomic E-state index is 7.99. The van der Waals surface area contributed by atoms with Gasteiger partial charge in [-0.25, -0.2) is 9.55 Å². The fourth-order valence-corrected chi connectivity index (χ4v) is 4.20. The molecule has 0 saturated heterocycles. The number of hydrogen-bond donors (Lipinski definition) is 0. The highest BCUT2D eigenvalue weighted by Gasteiger charge is 2.23. The molecule has 0 radical (unpaired) electrons. The monoisotopic (exact) mass is 399 g/mol. The molecule has 4 heterocycles. The summed E-state index contributed by atoms with van der Waals surface area (Å²) in [5.74, 6) is 0. The smallest absolute Gasteiger partial charge is 0.228 e. The lowest BCUT2D eigenvalue weighted by Crippen LogP contribution is -2.31. The van der Waals surface area contributed by atoms with Crippen LogP contribution in [0.3, 0.4) is 0 Å². The minimum Gasteiger partial charge on any atom is -0.453 e. The van der Waals surface area contributed by atoms with Crippen molar-refractivity contribution in [2.24, 2.45) is 7.05 Å². The number of benzene rings is 2. The predicted molar refractivity (Wildman–Crippen MR) is 120 cm³/mol. The quantitative estimate of drug-likeness (QED) is 0.305. The molecule has 0 aliphatic rings. The summed E-state index contributed by atoms with van der Waals surface area (Å²) in [5, 5.41) is 2.53. The third kappa shape index (κ3) is 2.28. The van der Waals surface area contributed by atoms with Gasteiger partial charge in [-0.05, 0) is 50.0 Å². The average Bonchev–Trinajstić information content (AvgIpc) is 3.33. The van der Waals surface area contributed by atoms with Crippen molar-refractivity contribution in [2.75, 3.05) is 0 Å². The van der Waals surface area contributed by atoms with Crippen LogP contribution in [0.15, 0.2) is 63.6 Å². The molecular weight excluding hydrogens is 372 g/mol. The predicted octanol–water partition coefficient (Wildman–Crippen LogP) is 6.30. The first-order valence-electron chi connectivity index (χ1n) is 12.6. The summed E-state index contributed by atoms with van der Waals surface area (Å²) in [4.78, 5) is 4.76. The Hall–Kier alpha value is -3.66. The first-order chi connectivity index (χ1) is 16.9. The van der Waals surface area contributed by atoms with Crippen LogP contribution in [-0.2, 0) is 7.05 Å². The molecule has 6 aromatic rings. The largest absolute Gasteiger partial charge is 0.453 e. The molecule has 0 unspecified atom stereocenters. The van der Waals surface area contributed by atoms with Gasteiger partial charge >= 0.3 is 0 Å². The second-order valence-electron chi connectivity index (χ2n) is 7.62. The van der Waals surface area contributed by atoms with Gasteiger partial charge in [0, 0.05) is 30.6 Å². The molecule has 0 N–H and O–H groups in total. The van der Waals surface area contributed by atoms with E-state index in [0.29, 0.717) is 33.7 Å². The van der Waals surface area contributed by atoms with E-state index in [9.17, 15) is 0 Å². The van der Waals surface area contributed by atoms with E-state index >= 15 is 0 Å². The van der Waals surface area contributed by atoms with E-state index in [1.54, 1.807) is 11.6 Å². The molecule has 0 aliphatic carbocycles. The van der Waals surface area contributed by atoms with Crippen molar-refractivity contribution in [3.05, 3.63) is 71.4 Å². The first-order valence-corrected chi connectivity index (χ1v) is 9.62. The first kappa shape index (κ1) is 12.1. The van der Waals surface area contributed by atoms with Crippen LogP contribution < -0.4 is 4.57 Å². The molecular formula is C26H21N2O2+. The van der Waals surface area contributed by atoms with Crippen LogP contribution in [0.25, 0.3) is 55.4 Å². The van der Waals surface area contributed by atoms with Crippen LogP contribution >= 0.6 is 0 Å². The molecule has 146 valence electrons. The minimum absolute atomic E-state index is 0.197. The maximum Gasteiger partial charge on any atom is 0.228 e. The van der Waals surface area contributed by atoms with Gasteiger partial charge in [-0.1, -0.05) is 24.3 Å². The minimum atomic E-state index is -2.60. The Morgan fingerprint density at radius 3 is 2.60 bits per heavy atom.